The highest BCUT2D eigenvalue weighted by molar-refractivity contribution is 5.93. The topological polar surface area (TPSA) is 34.1 Å². The normalized spacial score (nSPS) is 22.5. The van der Waals surface area contributed by atoms with Gasteiger partial charge in [0.1, 0.15) is 6.29 Å². The van der Waals surface area contributed by atoms with Crippen molar-refractivity contribution in [2.75, 3.05) is 0 Å². The van der Waals surface area contributed by atoms with Gasteiger partial charge in [-0.25, -0.2) is 0 Å². The van der Waals surface area contributed by atoms with Crippen molar-refractivity contribution in [2.45, 2.75) is 25.7 Å². The first-order valence-corrected chi connectivity index (χ1v) is 3.98. The highest BCUT2D eigenvalue weighted by Crippen LogP contribution is 2.19. The molecule has 2 nitrogen and oxygen atoms in total. The Bertz CT molecular complexity index is 182. The Hall–Kier alpha value is -0.920. The maximum Gasteiger partial charge on any atom is 0.158 e. The lowest BCUT2D eigenvalue weighted by atomic mass is 9.99. The number of hydrogen-bond donors (Lipinski definition) is 0. The van der Waals surface area contributed by atoms with Crippen LogP contribution >= 0.6 is 0 Å². The molecule has 1 atom stereocenters. The van der Waals surface area contributed by atoms with Gasteiger partial charge in [-0.15, -0.1) is 0 Å². The summed E-state index contributed by atoms with van der Waals surface area (Å²) in [6, 6.07) is 0. The maximum absolute atomic E-state index is 11.0. The van der Waals surface area contributed by atoms with Crippen molar-refractivity contribution in [1.82, 2.24) is 0 Å². The van der Waals surface area contributed by atoms with Crippen LogP contribution in [0.25, 0.3) is 0 Å². The molecular formula is C9H12O2. The second-order valence-corrected chi connectivity index (χ2v) is 2.83. The number of hydrogen-bond acceptors (Lipinski definition) is 2. The van der Waals surface area contributed by atoms with Crippen LogP contribution in [0.1, 0.15) is 25.7 Å². The van der Waals surface area contributed by atoms with Gasteiger partial charge >= 0.3 is 0 Å². The molecule has 0 amide bonds. The molecule has 0 fully saturated rings. The smallest absolute Gasteiger partial charge is 0.158 e. The van der Waals surface area contributed by atoms with E-state index in [1.807, 2.05) is 6.08 Å². The van der Waals surface area contributed by atoms with E-state index in [0.717, 1.165) is 25.5 Å². The molecule has 60 valence electrons. The number of unbranched alkanes of at least 4 members (excludes halogenated alkanes) is 1. The molecule has 1 aliphatic carbocycles. The second-order valence-electron chi connectivity index (χ2n) is 2.83. The molecule has 0 aliphatic heterocycles. The summed E-state index contributed by atoms with van der Waals surface area (Å²) >= 11 is 0. The minimum Gasteiger partial charge on any atom is -0.303 e. The molecule has 0 aromatic rings. The van der Waals surface area contributed by atoms with Crippen molar-refractivity contribution in [3.8, 4) is 0 Å². The molecule has 2 heteroatoms. The van der Waals surface area contributed by atoms with Crippen LogP contribution < -0.4 is 0 Å². The van der Waals surface area contributed by atoms with E-state index in [2.05, 4.69) is 0 Å². The summed E-state index contributed by atoms with van der Waals surface area (Å²) in [4.78, 5) is 21.0. The largest absolute Gasteiger partial charge is 0.303 e. The highest BCUT2D eigenvalue weighted by Gasteiger charge is 2.18. The van der Waals surface area contributed by atoms with Crippen LogP contribution in [0.3, 0.4) is 0 Å². The summed E-state index contributed by atoms with van der Waals surface area (Å²) in [5.41, 5.74) is 0. The van der Waals surface area contributed by atoms with Gasteiger partial charge in [0.15, 0.2) is 5.78 Å². The molecule has 0 bridgehead atoms. The van der Waals surface area contributed by atoms with Crippen LogP contribution in [0, 0.1) is 5.92 Å². The van der Waals surface area contributed by atoms with E-state index >= 15 is 0 Å². The molecule has 1 aliphatic rings. The quantitative estimate of drug-likeness (QED) is 0.452. The van der Waals surface area contributed by atoms with Gasteiger partial charge in [-0.3, -0.25) is 4.79 Å². The molecule has 1 unspecified atom stereocenters. The van der Waals surface area contributed by atoms with Gasteiger partial charge < -0.3 is 4.79 Å². The first-order valence-electron chi connectivity index (χ1n) is 3.98. The van der Waals surface area contributed by atoms with Crippen molar-refractivity contribution >= 4 is 12.1 Å². The van der Waals surface area contributed by atoms with Crippen molar-refractivity contribution < 1.29 is 9.59 Å². The fourth-order valence-corrected chi connectivity index (χ4v) is 1.31. The second kappa shape index (κ2) is 4.06. The van der Waals surface area contributed by atoms with Gasteiger partial charge in [0.2, 0.25) is 0 Å². The summed E-state index contributed by atoms with van der Waals surface area (Å²) < 4.78 is 0. The summed E-state index contributed by atoms with van der Waals surface area (Å²) in [6.07, 6.45) is 7.64. The van der Waals surface area contributed by atoms with Crippen LogP contribution in [-0.2, 0) is 9.59 Å². The number of rotatable bonds is 4. The molecule has 0 saturated carbocycles. The fourth-order valence-electron chi connectivity index (χ4n) is 1.31. The molecule has 0 radical (unpaired) electrons. The predicted molar refractivity (Wildman–Crippen MR) is 42.2 cm³/mol. The van der Waals surface area contributed by atoms with Crippen molar-refractivity contribution in [3.63, 3.8) is 0 Å². The van der Waals surface area contributed by atoms with Crippen LogP contribution in [0.4, 0.5) is 0 Å². The number of carbonyl (C=O) groups is 2. The molecule has 11 heavy (non-hydrogen) atoms. The third-order valence-electron chi connectivity index (χ3n) is 1.98. The number of ketones is 1. The lowest BCUT2D eigenvalue weighted by molar-refractivity contribution is -0.117. The van der Waals surface area contributed by atoms with E-state index in [4.69, 9.17) is 0 Å². The van der Waals surface area contributed by atoms with E-state index in [9.17, 15) is 9.59 Å². The summed E-state index contributed by atoms with van der Waals surface area (Å²) in [5.74, 6) is 0.408. The van der Waals surface area contributed by atoms with Crippen LogP contribution in [0.15, 0.2) is 12.2 Å². The van der Waals surface area contributed by atoms with E-state index in [1.54, 1.807) is 6.08 Å². The number of allylic oxidation sites excluding steroid dienone is 2. The number of carbonyl (C=O) groups excluding carboxylic acids is 2. The summed E-state index contributed by atoms with van der Waals surface area (Å²) in [7, 11) is 0. The Labute approximate surface area is 66.3 Å². The third-order valence-corrected chi connectivity index (χ3v) is 1.98. The molecule has 0 aromatic carbocycles. The van der Waals surface area contributed by atoms with Gasteiger partial charge in [-0.1, -0.05) is 6.08 Å². The Morgan fingerprint density at radius 3 is 3.00 bits per heavy atom. The minimum atomic E-state index is 0.176. The molecule has 0 saturated heterocycles. The maximum atomic E-state index is 11.0. The molecule has 0 spiro atoms. The zero-order valence-corrected chi connectivity index (χ0v) is 6.45. The van der Waals surface area contributed by atoms with E-state index < -0.39 is 0 Å². The Morgan fingerprint density at radius 2 is 2.45 bits per heavy atom. The zero-order chi connectivity index (χ0) is 8.10. The average molecular weight is 152 g/mol. The molecule has 0 aromatic heterocycles. The zero-order valence-electron chi connectivity index (χ0n) is 6.45. The van der Waals surface area contributed by atoms with Crippen molar-refractivity contribution in [3.05, 3.63) is 12.2 Å². The Balaban J connectivity index is 2.17. The SMILES string of the molecule is O=CCCCC1CC=CC1=O. The molecule has 0 N–H and O–H groups in total. The summed E-state index contributed by atoms with van der Waals surface area (Å²) in [5, 5.41) is 0. The lowest BCUT2D eigenvalue weighted by Gasteiger charge is -2.04. The van der Waals surface area contributed by atoms with Crippen molar-refractivity contribution in [1.29, 1.82) is 0 Å². The molecule has 1 rings (SSSR count). The fraction of sp³-hybridized carbons (Fsp3) is 0.556. The lowest BCUT2D eigenvalue weighted by Crippen LogP contribution is -2.05. The van der Waals surface area contributed by atoms with Gasteiger partial charge in [-0.05, 0) is 25.3 Å². The van der Waals surface area contributed by atoms with Crippen LogP contribution in [0.2, 0.25) is 0 Å². The van der Waals surface area contributed by atoms with Gasteiger partial charge in [-0.2, -0.15) is 0 Å². The summed E-state index contributed by atoms with van der Waals surface area (Å²) in [6.45, 7) is 0. The van der Waals surface area contributed by atoms with Gasteiger partial charge in [0.25, 0.3) is 0 Å². The third kappa shape index (κ3) is 2.30. The van der Waals surface area contributed by atoms with Gasteiger partial charge in [0.05, 0.1) is 0 Å². The standard InChI is InChI=1S/C9H12O2/c10-7-2-1-4-8-5-3-6-9(8)11/h3,6-8H,1-2,4-5H2. The van der Waals surface area contributed by atoms with Crippen molar-refractivity contribution in [2.24, 2.45) is 5.92 Å². The van der Waals surface area contributed by atoms with Crippen LogP contribution in [0.5, 0.6) is 0 Å². The van der Waals surface area contributed by atoms with Crippen LogP contribution in [-0.4, -0.2) is 12.1 Å². The van der Waals surface area contributed by atoms with Gasteiger partial charge in [0, 0.05) is 12.3 Å². The Morgan fingerprint density at radius 1 is 1.64 bits per heavy atom. The average Bonchev–Trinajstić information content (AvgIpc) is 2.37. The first-order chi connectivity index (χ1) is 5.34. The first kappa shape index (κ1) is 8.18. The Kier molecular flexibility index (Phi) is 3.02. The minimum absolute atomic E-state index is 0.176. The molecular weight excluding hydrogens is 140 g/mol. The monoisotopic (exact) mass is 152 g/mol. The van der Waals surface area contributed by atoms with E-state index in [0.29, 0.717) is 6.42 Å². The highest BCUT2D eigenvalue weighted by atomic mass is 16.1. The van der Waals surface area contributed by atoms with E-state index in [-0.39, 0.29) is 11.7 Å². The molecule has 0 heterocycles. The number of aldehydes is 1. The van der Waals surface area contributed by atoms with E-state index in [1.165, 1.54) is 0 Å². The predicted octanol–water partition coefficient (Wildman–Crippen LogP) is 1.50.